The Labute approximate surface area is 135 Å². The maximum atomic E-state index is 11.9. The Hall–Kier alpha value is -2.15. The molecule has 1 aliphatic heterocycles. The van der Waals surface area contributed by atoms with E-state index in [1.807, 2.05) is 0 Å². The molecule has 1 fully saturated rings. The van der Waals surface area contributed by atoms with Crippen LogP contribution in [0.5, 0.6) is 5.75 Å². The number of benzene rings is 1. The van der Waals surface area contributed by atoms with Crippen LogP contribution in [-0.2, 0) is 4.74 Å². The molecule has 2 unspecified atom stereocenters. The second-order valence-corrected chi connectivity index (χ2v) is 6.14. The van der Waals surface area contributed by atoms with E-state index in [1.165, 1.54) is 24.3 Å². The zero-order valence-corrected chi connectivity index (χ0v) is 13.4. The fourth-order valence-electron chi connectivity index (χ4n) is 2.78. The van der Waals surface area contributed by atoms with Gasteiger partial charge in [0.05, 0.1) is 4.92 Å². The van der Waals surface area contributed by atoms with Crippen LogP contribution < -0.4 is 10.1 Å². The van der Waals surface area contributed by atoms with E-state index >= 15 is 0 Å². The van der Waals surface area contributed by atoms with Gasteiger partial charge in [0.15, 0.2) is 0 Å². The summed E-state index contributed by atoms with van der Waals surface area (Å²) in [6.45, 7) is 5.84. The third-order valence-electron chi connectivity index (χ3n) is 3.83. The van der Waals surface area contributed by atoms with Gasteiger partial charge in [0.1, 0.15) is 11.9 Å². The molecule has 0 aliphatic carbocycles. The first-order valence-corrected chi connectivity index (χ1v) is 7.79. The summed E-state index contributed by atoms with van der Waals surface area (Å²) < 4.78 is 10.5. The van der Waals surface area contributed by atoms with Gasteiger partial charge in [0.25, 0.3) is 5.69 Å². The standard InChI is InChI=1S/C16H22N2O5/c1-11(2)9-12-7-8-17-10-15(12)23-16(19)22-14-5-3-13(4-6-14)18(20)21/h3-6,11-12,15,17H,7-10H2,1-2H3. The van der Waals surface area contributed by atoms with Crippen molar-refractivity contribution in [2.75, 3.05) is 13.1 Å². The van der Waals surface area contributed by atoms with E-state index in [9.17, 15) is 14.9 Å². The van der Waals surface area contributed by atoms with Crippen LogP contribution in [0, 0.1) is 22.0 Å². The quantitative estimate of drug-likeness (QED) is 0.387. The number of carbonyl (C=O) groups excluding carboxylic acids is 1. The van der Waals surface area contributed by atoms with Crippen LogP contribution in [0.3, 0.4) is 0 Å². The predicted octanol–water partition coefficient (Wildman–Crippen LogP) is 3.13. The summed E-state index contributed by atoms with van der Waals surface area (Å²) >= 11 is 0. The number of nitrogens with zero attached hydrogens (tertiary/aromatic N) is 1. The van der Waals surface area contributed by atoms with Gasteiger partial charge in [0, 0.05) is 18.7 Å². The SMILES string of the molecule is CC(C)CC1CCNCC1OC(=O)Oc1ccc([N+](=O)[O-])cc1. The molecule has 126 valence electrons. The van der Waals surface area contributed by atoms with Crippen molar-refractivity contribution in [3.63, 3.8) is 0 Å². The molecule has 1 heterocycles. The molecular weight excluding hydrogens is 300 g/mol. The first-order chi connectivity index (χ1) is 11.0. The van der Waals surface area contributed by atoms with E-state index in [0.29, 0.717) is 18.4 Å². The average molecular weight is 322 g/mol. The van der Waals surface area contributed by atoms with Gasteiger partial charge >= 0.3 is 6.16 Å². The Morgan fingerprint density at radius 3 is 2.70 bits per heavy atom. The zero-order valence-electron chi connectivity index (χ0n) is 13.4. The molecule has 0 spiro atoms. The minimum Gasteiger partial charge on any atom is -0.429 e. The van der Waals surface area contributed by atoms with Crippen molar-refractivity contribution in [3.8, 4) is 5.75 Å². The molecule has 1 aliphatic rings. The van der Waals surface area contributed by atoms with Crippen molar-refractivity contribution in [1.82, 2.24) is 5.32 Å². The molecule has 1 saturated heterocycles. The highest BCUT2D eigenvalue weighted by atomic mass is 16.7. The molecule has 0 aromatic heterocycles. The van der Waals surface area contributed by atoms with Crippen molar-refractivity contribution in [2.45, 2.75) is 32.8 Å². The molecule has 0 bridgehead atoms. The van der Waals surface area contributed by atoms with E-state index in [-0.39, 0.29) is 17.5 Å². The minimum absolute atomic E-state index is 0.0563. The van der Waals surface area contributed by atoms with Crippen LogP contribution in [-0.4, -0.2) is 30.3 Å². The second-order valence-electron chi connectivity index (χ2n) is 6.14. The number of rotatable bonds is 5. The summed E-state index contributed by atoms with van der Waals surface area (Å²) in [6.07, 6.45) is 0.975. The molecule has 1 aromatic rings. The normalized spacial score (nSPS) is 21.0. The van der Waals surface area contributed by atoms with Crippen molar-refractivity contribution < 1.29 is 19.2 Å². The Morgan fingerprint density at radius 1 is 1.39 bits per heavy atom. The lowest BCUT2D eigenvalue weighted by molar-refractivity contribution is -0.384. The van der Waals surface area contributed by atoms with E-state index in [1.54, 1.807) is 0 Å². The maximum absolute atomic E-state index is 11.9. The summed E-state index contributed by atoms with van der Waals surface area (Å²) in [7, 11) is 0. The summed E-state index contributed by atoms with van der Waals surface area (Å²) in [5.41, 5.74) is -0.0563. The smallest absolute Gasteiger partial charge is 0.429 e. The van der Waals surface area contributed by atoms with Gasteiger partial charge < -0.3 is 14.8 Å². The van der Waals surface area contributed by atoms with Gasteiger partial charge in [-0.2, -0.15) is 0 Å². The summed E-state index contributed by atoms with van der Waals surface area (Å²) in [5.74, 6) is 1.08. The number of carbonyl (C=O) groups is 1. The number of nitro benzene ring substituents is 1. The van der Waals surface area contributed by atoms with Crippen molar-refractivity contribution >= 4 is 11.8 Å². The molecular formula is C16H22N2O5. The number of piperidine rings is 1. The highest BCUT2D eigenvalue weighted by Gasteiger charge is 2.29. The van der Waals surface area contributed by atoms with Gasteiger partial charge in [0.2, 0.25) is 0 Å². The van der Waals surface area contributed by atoms with Gasteiger partial charge in [-0.3, -0.25) is 10.1 Å². The van der Waals surface area contributed by atoms with E-state index in [0.717, 1.165) is 19.4 Å². The van der Waals surface area contributed by atoms with Crippen molar-refractivity contribution in [2.24, 2.45) is 11.8 Å². The summed E-state index contributed by atoms with van der Waals surface area (Å²) in [4.78, 5) is 22.0. The van der Waals surface area contributed by atoms with E-state index in [2.05, 4.69) is 19.2 Å². The molecule has 7 heteroatoms. The number of nitro groups is 1. The van der Waals surface area contributed by atoms with Crippen LogP contribution in [0.4, 0.5) is 10.5 Å². The van der Waals surface area contributed by atoms with Crippen LogP contribution in [0.2, 0.25) is 0 Å². The third kappa shape index (κ3) is 5.21. The molecule has 2 atom stereocenters. The Balaban J connectivity index is 1.90. The monoisotopic (exact) mass is 322 g/mol. The molecule has 1 N–H and O–H groups in total. The van der Waals surface area contributed by atoms with Crippen molar-refractivity contribution in [3.05, 3.63) is 34.4 Å². The summed E-state index contributed by atoms with van der Waals surface area (Å²) in [5, 5.41) is 13.8. The molecule has 0 radical (unpaired) electrons. The molecule has 23 heavy (non-hydrogen) atoms. The third-order valence-corrected chi connectivity index (χ3v) is 3.83. The Morgan fingerprint density at radius 2 is 2.09 bits per heavy atom. The van der Waals surface area contributed by atoms with Crippen molar-refractivity contribution in [1.29, 1.82) is 0 Å². The lowest BCUT2D eigenvalue weighted by Crippen LogP contribution is -2.44. The minimum atomic E-state index is -0.777. The van der Waals surface area contributed by atoms with Crippen LogP contribution in [0.1, 0.15) is 26.7 Å². The number of nitrogens with one attached hydrogen (secondary N) is 1. The molecule has 7 nitrogen and oxygen atoms in total. The number of hydrogen-bond donors (Lipinski definition) is 1. The van der Waals surface area contributed by atoms with Gasteiger partial charge in [-0.05, 0) is 43.4 Å². The topological polar surface area (TPSA) is 90.7 Å². The van der Waals surface area contributed by atoms with Crippen LogP contribution >= 0.6 is 0 Å². The van der Waals surface area contributed by atoms with Gasteiger partial charge in [-0.1, -0.05) is 13.8 Å². The lowest BCUT2D eigenvalue weighted by Gasteiger charge is -2.32. The number of ether oxygens (including phenoxy) is 2. The number of hydrogen-bond acceptors (Lipinski definition) is 6. The Kier molecular flexibility index (Phi) is 5.92. The van der Waals surface area contributed by atoms with Gasteiger partial charge in [-0.15, -0.1) is 0 Å². The molecule has 0 amide bonds. The highest BCUT2D eigenvalue weighted by Crippen LogP contribution is 2.24. The number of non-ortho nitro benzene ring substituents is 1. The first-order valence-electron chi connectivity index (χ1n) is 7.79. The molecule has 1 aromatic carbocycles. The molecule has 0 saturated carbocycles. The lowest BCUT2D eigenvalue weighted by atomic mass is 9.87. The molecule has 2 rings (SSSR count). The van der Waals surface area contributed by atoms with Gasteiger partial charge in [-0.25, -0.2) is 4.79 Å². The maximum Gasteiger partial charge on any atom is 0.514 e. The predicted molar refractivity (Wildman–Crippen MR) is 84.4 cm³/mol. The van der Waals surface area contributed by atoms with Crippen LogP contribution in [0.15, 0.2) is 24.3 Å². The fraction of sp³-hybridized carbons (Fsp3) is 0.562. The highest BCUT2D eigenvalue weighted by molar-refractivity contribution is 5.64. The van der Waals surface area contributed by atoms with E-state index < -0.39 is 11.1 Å². The van der Waals surface area contributed by atoms with E-state index in [4.69, 9.17) is 9.47 Å². The summed E-state index contributed by atoms with van der Waals surface area (Å²) in [6, 6.07) is 5.33. The largest absolute Gasteiger partial charge is 0.514 e. The Bertz CT molecular complexity index is 544. The second kappa shape index (κ2) is 7.92. The fourth-order valence-corrected chi connectivity index (χ4v) is 2.78. The average Bonchev–Trinajstić information content (AvgIpc) is 2.49. The van der Waals surface area contributed by atoms with Crippen LogP contribution in [0.25, 0.3) is 0 Å². The zero-order chi connectivity index (χ0) is 16.8. The first kappa shape index (κ1) is 17.2.